The van der Waals surface area contributed by atoms with Gasteiger partial charge < -0.3 is 9.84 Å². The standard InChI is InChI=1S/C12H14F3NO4S/c1-7-12(17,2-3-20-7)6-16-21(18,19)11-9(14)4-8(13)5-10(11)15/h4-5,7,16-17H,2-3,6H2,1H3. The molecule has 0 aliphatic carbocycles. The molecule has 2 atom stereocenters. The highest BCUT2D eigenvalue weighted by Crippen LogP contribution is 2.26. The average molecular weight is 325 g/mol. The Kier molecular flexibility index (Phi) is 4.29. The molecule has 1 fully saturated rings. The lowest BCUT2D eigenvalue weighted by Gasteiger charge is -2.26. The molecule has 1 aromatic carbocycles. The lowest BCUT2D eigenvalue weighted by molar-refractivity contribution is -0.0228. The summed E-state index contributed by atoms with van der Waals surface area (Å²) in [6.45, 7) is 1.34. The van der Waals surface area contributed by atoms with Crippen molar-refractivity contribution in [3.05, 3.63) is 29.6 Å². The van der Waals surface area contributed by atoms with Crippen LogP contribution in [0.2, 0.25) is 0 Å². The SMILES string of the molecule is CC1OCCC1(O)CNS(=O)(=O)c1c(F)cc(F)cc1F. The van der Waals surface area contributed by atoms with E-state index < -0.39 is 50.6 Å². The number of ether oxygens (including phenoxy) is 1. The van der Waals surface area contributed by atoms with Gasteiger partial charge in [0.05, 0.1) is 6.10 Å². The van der Waals surface area contributed by atoms with Gasteiger partial charge in [0.2, 0.25) is 10.0 Å². The van der Waals surface area contributed by atoms with Gasteiger partial charge in [0, 0.05) is 31.7 Å². The summed E-state index contributed by atoms with van der Waals surface area (Å²) >= 11 is 0. The van der Waals surface area contributed by atoms with Crippen LogP contribution in [0.4, 0.5) is 13.2 Å². The fourth-order valence-corrected chi connectivity index (χ4v) is 3.30. The predicted octanol–water partition coefficient (Wildman–Crippen LogP) is 0.922. The van der Waals surface area contributed by atoms with Crippen molar-refractivity contribution in [3.63, 3.8) is 0 Å². The van der Waals surface area contributed by atoms with Crippen LogP contribution >= 0.6 is 0 Å². The summed E-state index contributed by atoms with van der Waals surface area (Å²) in [6, 6.07) is 0.543. The minimum absolute atomic E-state index is 0.186. The van der Waals surface area contributed by atoms with Crippen LogP contribution in [0.5, 0.6) is 0 Å². The van der Waals surface area contributed by atoms with Crippen LogP contribution in [0.1, 0.15) is 13.3 Å². The van der Waals surface area contributed by atoms with E-state index in [-0.39, 0.29) is 25.2 Å². The zero-order valence-corrected chi connectivity index (χ0v) is 11.9. The summed E-state index contributed by atoms with van der Waals surface area (Å²) in [4.78, 5) is -1.28. The van der Waals surface area contributed by atoms with Crippen molar-refractivity contribution < 1.29 is 31.4 Å². The van der Waals surface area contributed by atoms with Crippen LogP contribution in [-0.4, -0.2) is 38.4 Å². The van der Waals surface area contributed by atoms with E-state index >= 15 is 0 Å². The van der Waals surface area contributed by atoms with Gasteiger partial charge in [-0.2, -0.15) is 0 Å². The third kappa shape index (κ3) is 3.20. The molecule has 1 heterocycles. The van der Waals surface area contributed by atoms with Crippen LogP contribution in [0.15, 0.2) is 17.0 Å². The number of hydrogen-bond donors (Lipinski definition) is 2. The quantitative estimate of drug-likeness (QED) is 0.863. The maximum atomic E-state index is 13.5. The van der Waals surface area contributed by atoms with Gasteiger partial charge in [0.1, 0.15) is 23.1 Å². The number of halogens is 3. The first-order valence-corrected chi connectivity index (χ1v) is 7.62. The Bertz CT molecular complexity index is 629. The molecular formula is C12H14F3NO4S. The molecule has 0 bridgehead atoms. The largest absolute Gasteiger partial charge is 0.386 e. The lowest BCUT2D eigenvalue weighted by Crippen LogP contribution is -2.47. The van der Waals surface area contributed by atoms with Gasteiger partial charge >= 0.3 is 0 Å². The Morgan fingerprint density at radius 1 is 1.38 bits per heavy atom. The topological polar surface area (TPSA) is 75.6 Å². The van der Waals surface area contributed by atoms with E-state index in [0.29, 0.717) is 0 Å². The molecule has 1 aliphatic heterocycles. The molecular weight excluding hydrogens is 311 g/mol. The molecule has 1 aliphatic rings. The fourth-order valence-electron chi connectivity index (χ4n) is 2.08. The van der Waals surface area contributed by atoms with E-state index in [1.54, 1.807) is 6.92 Å². The monoisotopic (exact) mass is 325 g/mol. The molecule has 2 rings (SSSR count). The van der Waals surface area contributed by atoms with Crippen molar-refractivity contribution in [1.82, 2.24) is 4.72 Å². The molecule has 2 unspecified atom stereocenters. The van der Waals surface area contributed by atoms with Crippen molar-refractivity contribution >= 4 is 10.0 Å². The number of rotatable bonds is 4. The molecule has 0 radical (unpaired) electrons. The van der Waals surface area contributed by atoms with E-state index in [1.807, 2.05) is 4.72 Å². The second-order valence-electron chi connectivity index (χ2n) is 4.89. The summed E-state index contributed by atoms with van der Waals surface area (Å²) < 4.78 is 70.7. The molecule has 5 nitrogen and oxygen atoms in total. The lowest BCUT2D eigenvalue weighted by atomic mass is 9.97. The van der Waals surface area contributed by atoms with Crippen LogP contribution in [0.3, 0.4) is 0 Å². The second kappa shape index (κ2) is 5.56. The summed E-state index contributed by atoms with van der Waals surface area (Å²) in [6.07, 6.45) is -0.437. The highest BCUT2D eigenvalue weighted by Gasteiger charge is 2.41. The number of aliphatic hydroxyl groups is 1. The molecule has 9 heteroatoms. The molecule has 0 spiro atoms. The van der Waals surface area contributed by atoms with Crippen molar-refractivity contribution in [3.8, 4) is 0 Å². The molecule has 0 saturated carbocycles. The van der Waals surface area contributed by atoms with Crippen LogP contribution in [0.25, 0.3) is 0 Å². The van der Waals surface area contributed by atoms with Gasteiger partial charge in [-0.3, -0.25) is 0 Å². The molecule has 1 saturated heterocycles. The first-order valence-electron chi connectivity index (χ1n) is 6.14. The summed E-state index contributed by atoms with van der Waals surface area (Å²) in [5.74, 6) is -4.30. The van der Waals surface area contributed by atoms with Crippen molar-refractivity contribution in [1.29, 1.82) is 0 Å². The molecule has 21 heavy (non-hydrogen) atoms. The second-order valence-corrected chi connectivity index (χ2v) is 6.59. The fraction of sp³-hybridized carbons (Fsp3) is 0.500. The van der Waals surface area contributed by atoms with Gasteiger partial charge in [0.25, 0.3) is 0 Å². The highest BCUT2D eigenvalue weighted by molar-refractivity contribution is 7.89. The Morgan fingerprint density at radius 2 is 1.95 bits per heavy atom. The van der Waals surface area contributed by atoms with Crippen molar-refractivity contribution in [2.24, 2.45) is 0 Å². The third-order valence-electron chi connectivity index (χ3n) is 3.46. The smallest absolute Gasteiger partial charge is 0.246 e. The summed E-state index contributed by atoms with van der Waals surface area (Å²) in [5, 5.41) is 10.2. The number of benzene rings is 1. The third-order valence-corrected chi connectivity index (χ3v) is 4.91. The number of hydrogen-bond acceptors (Lipinski definition) is 4. The van der Waals surface area contributed by atoms with Crippen molar-refractivity contribution in [2.75, 3.05) is 13.2 Å². The van der Waals surface area contributed by atoms with Gasteiger partial charge in [0.15, 0.2) is 4.90 Å². The van der Waals surface area contributed by atoms with Crippen LogP contribution < -0.4 is 4.72 Å². The number of nitrogens with one attached hydrogen (secondary N) is 1. The summed E-state index contributed by atoms with van der Waals surface area (Å²) in [7, 11) is -4.57. The van der Waals surface area contributed by atoms with Gasteiger partial charge in [-0.1, -0.05) is 0 Å². The Balaban J connectivity index is 2.24. The molecule has 0 amide bonds. The zero-order valence-electron chi connectivity index (χ0n) is 11.1. The first kappa shape index (κ1) is 16.2. The van der Waals surface area contributed by atoms with Gasteiger partial charge in [-0.15, -0.1) is 0 Å². The first-order chi connectivity index (χ1) is 9.66. The minimum Gasteiger partial charge on any atom is -0.386 e. The van der Waals surface area contributed by atoms with E-state index in [9.17, 15) is 26.7 Å². The predicted molar refractivity (Wildman–Crippen MR) is 66.5 cm³/mol. The average Bonchev–Trinajstić information content (AvgIpc) is 2.66. The maximum Gasteiger partial charge on any atom is 0.246 e. The van der Waals surface area contributed by atoms with Gasteiger partial charge in [-0.05, 0) is 6.92 Å². The molecule has 0 aromatic heterocycles. The highest BCUT2D eigenvalue weighted by atomic mass is 32.2. The van der Waals surface area contributed by atoms with E-state index in [1.165, 1.54) is 0 Å². The normalized spacial score (nSPS) is 26.2. The van der Waals surface area contributed by atoms with Gasteiger partial charge in [-0.25, -0.2) is 26.3 Å². The minimum atomic E-state index is -4.57. The van der Waals surface area contributed by atoms with E-state index in [2.05, 4.69) is 0 Å². The Labute approximate surface area is 119 Å². The molecule has 1 aromatic rings. The van der Waals surface area contributed by atoms with Crippen molar-refractivity contribution in [2.45, 2.75) is 29.9 Å². The zero-order chi connectivity index (χ0) is 15.8. The number of sulfonamides is 1. The Morgan fingerprint density at radius 3 is 2.43 bits per heavy atom. The van der Waals surface area contributed by atoms with Crippen LogP contribution in [-0.2, 0) is 14.8 Å². The Hall–Kier alpha value is -1.16. The molecule has 118 valence electrons. The maximum absolute atomic E-state index is 13.5. The van der Waals surface area contributed by atoms with E-state index in [0.717, 1.165) is 0 Å². The van der Waals surface area contributed by atoms with E-state index in [4.69, 9.17) is 4.74 Å². The van der Waals surface area contributed by atoms with Crippen LogP contribution in [0, 0.1) is 17.5 Å². The summed E-state index contributed by atoms with van der Waals surface area (Å²) in [5.41, 5.74) is -1.46. The molecule has 2 N–H and O–H groups in total.